The molecule has 1 saturated heterocycles. The number of carbonyl (C=O) groups is 1. The summed E-state index contributed by atoms with van der Waals surface area (Å²) < 4.78 is 13.7. The normalized spacial score (nSPS) is 17.8. The summed E-state index contributed by atoms with van der Waals surface area (Å²) in [6, 6.07) is 11.7. The Morgan fingerprint density at radius 1 is 1.22 bits per heavy atom. The third-order valence-electron chi connectivity index (χ3n) is 3.30. The van der Waals surface area contributed by atoms with Crippen LogP contribution in [0.2, 0.25) is 5.02 Å². The Morgan fingerprint density at radius 2 is 2.00 bits per heavy atom. The predicted molar refractivity (Wildman–Crippen MR) is 93.4 cm³/mol. The number of rotatable bonds is 2. The monoisotopic (exact) mass is 346 g/mol. The molecule has 0 aliphatic carbocycles. The first-order chi connectivity index (χ1) is 11.0. The predicted octanol–water partition coefficient (Wildman–Crippen LogP) is 4.68. The maximum Gasteiger partial charge on any atom is 0.264 e. The molecule has 2 aromatic carbocycles. The van der Waals surface area contributed by atoms with Crippen LogP contribution in [-0.2, 0) is 4.79 Å². The molecule has 1 heterocycles. The zero-order valence-electron chi connectivity index (χ0n) is 12.1. The highest BCUT2D eigenvalue weighted by Gasteiger charge is 2.24. The molecule has 1 aliphatic rings. The zero-order valence-corrected chi connectivity index (χ0v) is 13.7. The van der Waals surface area contributed by atoms with Gasteiger partial charge in [0.15, 0.2) is 5.17 Å². The molecule has 1 N–H and O–H groups in total. The minimum Gasteiger partial charge on any atom is -0.300 e. The van der Waals surface area contributed by atoms with Gasteiger partial charge >= 0.3 is 0 Å². The van der Waals surface area contributed by atoms with Gasteiger partial charge in [-0.2, -0.15) is 0 Å². The number of amides is 1. The molecule has 0 unspecified atom stereocenters. The second-order valence-electron chi connectivity index (χ2n) is 4.89. The standard InChI is InChI=1S/C17H12ClFN2OS/c1-10-12(18)6-4-8-14(10)20-17-21-16(22)15(23-17)9-11-5-2-3-7-13(11)19/h2-9H,1H3,(H,20,21,22)/b15-9+. The van der Waals surface area contributed by atoms with Crippen molar-refractivity contribution in [2.24, 2.45) is 4.99 Å². The molecular formula is C17H12ClFN2OS. The number of nitrogens with one attached hydrogen (secondary N) is 1. The van der Waals surface area contributed by atoms with E-state index in [4.69, 9.17) is 11.6 Å². The lowest BCUT2D eigenvalue weighted by atomic mass is 10.2. The van der Waals surface area contributed by atoms with Gasteiger partial charge in [0.2, 0.25) is 0 Å². The molecule has 2 aromatic rings. The highest BCUT2D eigenvalue weighted by atomic mass is 35.5. The number of aliphatic imine (C=N–C) groups is 1. The number of halogens is 2. The van der Waals surface area contributed by atoms with E-state index in [1.165, 1.54) is 23.9 Å². The van der Waals surface area contributed by atoms with Gasteiger partial charge in [0.1, 0.15) is 5.82 Å². The molecule has 1 amide bonds. The van der Waals surface area contributed by atoms with Gasteiger partial charge in [-0.25, -0.2) is 9.38 Å². The van der Waals surface area contributed by atoms with Crippen LogP contribution in [0.15, 0.2) is 52.4 Å². The summed E-state index contributed by atoms with van der Waals surface area (Å²) in [4.78, 5) is 16.8. The fourth-order valence-electron chi connectivity index (χ4n) is 2.04. The van der Waals surface area contributed by atoms with E-state index in [0.29, 0.717) is 26.3 Å². The molecule has 0 spiro atoms. The van der Waals surface area contributed by atoms with Crippen molar-refractivity contribution in [1.82, 2.24) is 5.32 Å². The van der Waals surface area contributed by atoms with Crippen molar-refractivity contribution in [1.29, 1.82) is 0 Å². The van der Waals surface area contributed by atoms with Crippen molar-refractivity contribution in [2.45, 2.75) is 6.92 Å². The number of hydrogen-bond donors (Lipinski definition) is 1. The molecule has 1 aliphatic heterocycles. The first-order valence-electron chi connectivity index (χ1n) is 6.84. The second-order valence-corrected chi connectivity index (χ2v) is 6.33. The van der Waals surface area contributed by atoms with E-state index in [0.717, 1.165) is 5.56 Å². The summed E-state index contributed by atoms with van der Waals surface area (Å²) in [7, 11) is 0. The molecule has 1 fully saturated rings. The van der Waals surface area contributed by atoms with E-state index in [-0.39, 0.29) is 11.7 Å². The molecule has 0 aromatic heterocycles. The number of hydrogen-bond acceptors (Lipinski definition) is 3. The van der Waals surface area contributed by atoms with Crippen molar-refractivity contribution >= 4 is 46.2 Å². The molecule has 0 radical (unpaired) electrons. The first-order valence-corrected chi connectivity index (χ1v) is 8.03. The summed E-state index contributed by atoms with van der Waals surface area (Å²) in [6.07, 6.45) is 1.52. The Labute approximate surface area is 142 Å². The van der Waals surface area contributed by atoms with Crippen molar-refractivity contribution in [2.75, 3.05) is 0 Å². The van der Waals surface area contributed by atoms with Gasteiger partial charge in [-0.05, 0) is 48.5 Å². The van der Waals surface area contributed by atoms with Crippen LogP contribution in [0, 0.1) is 12.7 Å². The second kappa shape index (κ2) is 6.56. The number of carbonyl (C=O) groups excluding carboxylic acids is 1. The van der Waals surface area contributed by atoms with Gasteiger partial charge in [-0.1, -0.05) is 35.9 Å². The largest absolute Gasteiger partial charge is 0.300 e. The number of amidine groups is 1. The summed E-state index contributed by atoms with van der Waals surface area (Å²) in [5.74, 6) is -0.666. The highest BCUT2D eigenvalue weighted by Crippen LogP contribution is 2.31. The van der Waals surface area contributed by atoms with Crippen molar-refractivity contribution in [3.63, 3.8) is 0 Å². The van der Waals surface area contributed by atoms with Crippen molar-refractivity contribution in [3.8, 4) is 0 Å². The van der Waals surface area contributed by atoms with E-state index in [9.17, 15) is 9.18 Å². The smallest absolute Gasteiger partial charge is 0.264 e. The number of thioether (sulfide) groups is 1. The van der Waals surface area contributed by atoms with Crippen LogP contribution in [0.25, 0.3) is 6.08 Å². The van der Waals surface area contributed by atoms with Crippen molar-refractivity contribution in [3.05, 3.63) is 69.3 Å². The maximum atomic E-state index is 13.7. The number of benzene rings is 2. The molecule has 0 bridgehead atoms. The summed E-state index contributed by atoms with van der Waals surface area (Å²) in [6.45, 7) is 1.86. The molecule has 23 heavy (non-hydrogen) atoms. The van der Waals surface area contributed by atoms with Crippen LogP contribution in [0.1, 0.15) is 11.1 Å². The molecular weight excluding hydrogens is 335 g/mol. The highest BCUT2D eigenvalue weighted by molar-refractivity contribution is 8.18. The van der Waals surface area contributed by atoms with E-state index < -0.39 is 0 Å². The lowest BCUT2D eigenvalue weighted by Gasteiger charge is -2.02. The Kier molecular flexibility index (Phi) is 4.50. The lowest BCUT2D eigenvalue weighted by Crippen LogP contribution is -2.19. The molecule has 6 heteroatoms. The third-order valence-corrected chi connectivity index (χ3v) is 4.62. The Hall–Kier alpha value is -2.11. The van der Waals surface area contributed by atoms with Crippen molar-refractivity contribution < 1.29 is 9.18 Å². The topological polar surface area (TPSA) is 41.5 Å². The summed E-state index contributed by atoms with van der Waals surface area (Å²) in [5, 5.41) is 3.74. The van der Waals surface area contributed by atoms with Gasteiger partial charge in [0.05, 0.1) is 10.6 Å². The average Bonchev–Trinajstić information content (AvgIpc) is 2.86. The van der Waals surface area contributed by atoms with Crippen LogP contribution in [-0.4, -0.2) is 11.1 Å². The zero-order chi connectivity index (χ0) is 16.4. The fourth-order valence-corrected chi connectivity index (χ4v) is 3.04. The van der Waals surface area contributed by atoms with E-state index in [1.54, 1.807) is 30.3 Å². The Morgan fingerprint density at radius 3 is 2.78 bits per heavy atom. The van der Waals surface area contributed by atoms with Gasteiger partial charge in [0, 0.05) is 10.6 Å². The number of nitrogens with zero attached hydrogens (tertiary/aromatic N) is 1. The molecule has 0 atom stereocenters. The van der Waals surface area contributed by atoms with Crippen LogP contribution in [0.3, 0.4) is 0 Å². The average molecular weight is 347 g/mol. The van der Waals surface area contributed by atoms with Gasteiger partial charge < -0.3 is 5.32 Å². The maximum absolute atomic E-state index is 13.7. The molecule has 116 valence electrons. The Balaban J connectivity index is 1.89. The minimum atomic E-state index is -0.371. The lowest BCUT2D eigenvalue weighted by molar-refractivity contribution is -0.115. The fraction of sp³-hybridized carbons (Fsp3) is 0.0588. The van der Waals surface area contributed by atoms with Crippen LogP contribution >= 0.6 is 23.4 Å². The van der Waals surface area contributed by atoms with Gasteiger partial charge in [-0.15, -0.1) is 0 Å². The van der Waals surface area contributed by atoms with E-state index in [2.05, 4.69) is 10.3 Å². The van der Waals surface area contributed by atoms with Crippen LogP contribution < -0.4 is 5.32 Å². The van der Waals surface area contributed by atoms with Gasteiger partial charge in [-0.3, -0.25) is 4.79 Å². The summed E-state index contributed by atoms with van der Waals surface area (Å²) in [5.41, 5.74) is 1.89. The molecule has 0 saturated carbocycles. The van der Waals surface area contributed by atoms with Gasteiger partial charge in [0.25, 0.3) is 5.91 Å². The first kappa shape index (κ1) is 15.8. The minimum absolute atomic E-state index is 0.295. The third kappa shape index (κ3) is 3.46. The van der Waals surface area contributed by atoms with E-state index >= 15 is 0 Å². The van der Waals surface area contributed by atoms with Crippen LogP contribution in [0.4, 0.5) is 10.1 Å². The quantitative estimate of drug-likeness (QED) is 0.802. The summed E-state index contributed by atoms with van der Waals surface area (Å²) >= 11 is 7.24. The van der Waals surface area contributed by atoms with E-state index in [1.807, 2.05) is 13.0 Å². The Bertz CT molecular complexity index is 848. The molecule has 3 rings (SSSR count). The molecule has 3 nitrogen and oxygen atoms in total. The SMILES string of the molecule is Cc1c(Cl)cccc1N=C1NC(=O)/C(=C\c2ccccc2F)S1. The van der Waals surface area contributed by atoms with Crippen LogP contribution in [0.5, 0.6) is 0 Å².